The van der Waals surface area contributed by atoms with Gasteiger partial charge in [-0.15, -0.1) is 11.3 Å². The zero-order valence-electron chi connectivity index (χ0n) is 19.1. The normalized spacial score (nSPS) is 15.8. The lowest BCUT2D eigenvalue weighted by molar-refractivity contribution is 0.0651. The van der Waals surface area contributed by atoms with Crippen LogP contribution in [0.1, 0.15) is 45.7 Å². The van der Waals surface area contributed by atoms with Crippen LogP contribution < -0.4 is 14.8 Å². The first-order valence-electron chi connectivity index (χ1n) is 11.3. The van der Waals surface area contributed by atoms with Gasteiger partial charge in [0.15, 0.2) is 28.9 Å². The van der Waals surface area contributed by atoms with Crippen molar-refractivity contribution < 1.29 is 28.6 Å². The number of thiazole rings is 1. The zero-order valence-corrected chi connectivity index (χ0v) is 19.9. The van der Waals surface area contributed by atoms with Crippen LogP contribution >= 0.6 is 11.3 Å². The summed E-state index contributed by atoms with van der Waals surface area (Å²) in [7, 11) is 0. The van der Waals surface area contributed by atoms with Gasteiger partial charge in [-0.2, -0.15) is 0 Å². The molecule has 1 aliphatic carbocycles. The van der Waals surface area contributed by atoms with Gasteiger partial charge in [0.25, 0.3) is 11.8 Å². The SMILES string of the molecule is Cc1csc(NC(=O)c2cc(Oc3ccc(C(=O)N4CCC4)cc3F)cc(OC3(C[OH2+])CC3)c2)n1. The number of nitrogens with one attached hydrogen (secondary N) is 1. The molecule has 0 unspecified atom stereocenters. The number of carbonyl (C=O) groups is 2. The number of aryl methyl sites for hydroxylation is 1. The number of benzene rings is 2. The molecule has 2 aliphatic rings. The van der Waals surface area contributed by atoms with Crippen molar-refractivity contribution >= 4 is 28.3 Å². The van der Waals surface area contributed by atoms with E-state index in [0.717, 1.165) is 31.0 Å². The van der Waals surface area contributed by atoms with E-state index in [1.165, 1.54) is 29.5 Å². The van der Waals surface area contributed by atoms with Crippen molar-refractivity contribution in [3.05, 3.63) is 64.4 Å². The first kappa shape index (κ1) is 23.3. The van der Waals surface area contributed by atoms with Gasteiger partial charge < -0.3 is 19.5 Å². The van der Waals surface area contributed by atoms with E-state index in [9.17, 15) is 14.0 Å². The summed E-state index contributed by atoms with van der Waals surface area (Å²) in [6.45, 7) is 3.28. The minimum Gasteiger partial charge on any atom is -0.479 e. The van der Waals surface area contributed by atoms with E-state index in [-0.39, 0.29) is 35.1 Å². The van der Waals surface area contributed by atoms with E-state index >= 15 is 0 Å². The van der Waals surface area contributed by atoms with Gasteiger partial charge >= 0.3 is 0 Å². The number of halogens is 1. The van der Waals surface area contributed by atoms with Crippen LogP contribution in [0, 0.1) is 12.7 Å². The molecular formula is C25H25FN3O5S+. The summed E-state index contributed by atoms with van der Waals surface area (Å²) in [5.74, 6) is -0.829. The first-order chi connectivity index (χ1) is 16.8. The molecule has 3 N–H and O–H groups in total. The molecule has 0 radical (unpaired) electrons. The molecule has 5 rings (SSSR count). The Morgan fingerprint density at radius 3 is 2.54 bits per heavy atom. The highest BCUT2D eigenvalue weighted by Gasteiger charge is 2.48. The van der Waals surface area contributed by atoms with Gasteiger partial charge in [-0.1, -0.05) is 0 Å². The fourth-order valence-corrected chi connectivity index (χ4v) is 4.33. The summed E-state index contributed by atoms with van der Waals surface area (Å²) in [5, 5.41) is 12.8. The van der Waals surface area contributed by atoms with Gasteiger partial charge in [-0.05, 0) is 56.5 Å². The molecule has 1 aromatic heterocycles. The standard InChI is InChI=1S/C25H24FN3O5S/c1-15-13-35-24(27-15)28-22(31)17-9-18(12-19(10-17)34-25(14-30)5-6-25)33-21-4-3-16(11-20(21)26)23(32)29-7-2-8-29/h3-4,9-13,30H,2,5-8,14H2,1H3,(H,27,28,31)/p+1. The second-order valence-corrected chi connectivity index (χ2v) is 9.65. The van der Waals surface area contributed by atoms with Crippen molar-refractivity contribution in [1.29, 1.82) is 0 Å². The van der Waals surface area contributed by atoms with Crippen LogP contribution in [0.2, 0.25) is 0 Å². The number of carbonyl (C=O) groups excluding carboxylic acids is 2. The van der Waals surface area contributed by atoms with Crippen LogP contribution in [0.25, 0.3) is 0 Å². The van der Waals surface area contributed by atoms with Gasteiger partial charge in [-0.3, -0.25) is 14.9 Å². The van der Waals surface area contributed by atoms with Crippen molar-refractivity contribution in [1.82, 2.24) is 9.88 Å². The highest BCUT2D eigenvalue weighted by atomic mass is 32.1. The summed E-state index contributed by atoms with van der Waals surface area (Å²) in [6.07, 6.45) is 2.46. The predicted octanol–water partition coefficient (Wildman–Crippen LogP) is 4.12. The summed E-state index contributed by atoms with van der Waals surface area (Å²) >= 11 is 1.31. The molecule has 2 aromatic carbocycles. The fraction of sp³-hybridized carbons (Fsp3) is 0.320. The van der Waals surface area contributed by atoms with Crippen LogP contribution in [0.15, 0.2) is 41.8 Å². The number of rotatable bonds is 8. The highest BCUT2D eigenvalue weighted by Crippen LogP contribution is 2.41. The third kappa shape index (κ3) is 5.13. The molecular weight excluding hydrogens is 473 g/mol. The Labute approximate surface area is 205 Å². The van der Waals surface area contributed by atoms with Gasteiger partial charge in [0.05, 0.1) is 5.69 Å². The Balaban J connectivity index is 1.40. The van der Waals surface area contributed by atoms with Crippen molar-refractivity contribution in [3.63, 3.8) is 0 Å². The van der Waals surface area contributed by atoms with Crippen molar-refractivity contribution in [2.45, 2.75) is 31.8 Å². The molecule has 2 amide bonds. The summed E-state index contributed by atoms with van der Waals surface area (Å²) in [5.41, 5.74) is 0.736. The largest absolute Gasteiger partial charge is 0.479 e. The molecule has 0 bridgehead atoms. The van der Waals surface area contributed by atoms with Gasteiger partial charge in [-0.25, -0.2) is 9.37 Å². The van der Waals surface area contributed by atoms with Crippen molar-refractivity contribution in [3.8, 4) is 17.2 Å². The molecule has 0 atom stereocenters. The third-order valence-corrected chi connectivity index (χ3v) is 6.87. The maximum absolute atomic E-state index is 14.8. The van der Waals surface area contributed by atoms with Crippen LogP contribution in [-0.2, 0) is 0 Å². The van der Waals surface area contributed by atoms with E-state index < -0.39 is 17.3 Å². The Morgan fingerprint density at radius 1 is 1.17 bits per heavy atom. The van der Waals surface area contributed by atoms with Crippen LogP contribution in [-0.4, -0.2) is 52.1 Å². The second-order valence-electron chi connectivity index (χ2n) is 8.80. The number of aromatic nitrogens is 1. The maximum atomic E-state index is 14.8. The topological polar surface area (TPSA) is 104 Å². The molecule has 10 heteroatoms. The Bertz CT molecular complexity index is 1290. The quantitative estimate of drug-likeness (QED) is 0.471. The molecule has 1 saturated heterocycles. The molecule has 3 aromatic rings. The summed E-state index contributed by atoms with van der Waals surface area (Å²) in [4.78, 5) is 31.2. The van der Waals surface area contributed by atoms with Gasteiger partial charge in [0.1, 0.15) is 11.5 Å². The summed E-state index contributed by atoms with van der Waals surface area (Å²) in [6, 6.07) is 8.72. The van der Waals surface area contributed by atoms with Gasteiger partial charge in [0, 0.05) is 35.7 Å². The van der Waals surface area contributed by atoms with Crippen LogP contribution in [0.3, 0.4) is 0 Å². The number of hydrogen-bond donors (Lipinski definition) is 1. The molecule has 1 aliphatic heterocycles. The molecule has 35 heavy (non-hydrogen) atoms. The molecule has 182 valence electrons. The molecule has 2 fully saturated rings. The highest BCUT2D eigenvalue weighted by molar-refractivity contribution is 7.13. The molecule has 0 spiro atoms. The number of amides is 2. The average Bonchev–Trinajstić information content (AvgIpc) is 3.45. The molecule has 2 heterocycles. The minimum absolute atomic E-state index is 0.0779. The van der Waals surface area contributed by atoms with Crippen LogP contribution in [0.4, 0.5) is 9.52 Å². The number of anilines is 1. The Hall–Kier alpha value is -3.50. The monoisotopic (exact) mass is 498 g/mol. The lowest BCUT2D eigenvalue weighted by Crippen LogP contribution is -2.42. The number of nitrogens with zero attached hydrogens (tertiary/aromatic N) is 2. The maximum Gasteiger partial charge on any atom is 0.257 e. The molecule has 1 saturated carbocycles. The number of ether oxygens (including phenoxy) is 2. The summed E-state index contributed by atoms with van der Waals surface area (Å²) < 4.78 is 26.6. The number of likely N-dealkylation sites (tertiary alicyclic amines) is 1. The van der Waals surface area contributed by atoms with Crippen LogP contribution in [0.5, 0.6) is 17.2 Å². The molecule has 8 nitrogen and oxygen atoms in total. The number of hydrogen-bond acceptors (Lipinski definition) is 6. The Morgan fingerprint density at radius 2 is 1.94 bits per heavy atom. The van der Waals surface area contributed by atoms with Crippen molar-refractivity contribution in [2.24, 2.45) is 0 Å². The van der Waals surface area contributed by atoms with Crippen molar-refractivity contribution in [2.75, 3.05) is 25.0 Å². The lowest BCUT2D eigenvalue weighted by atomic mass is 10.1. The third-order valence-electron chi connectivity index (χ3n) is 6.00. The fourth-order valence-electron chi connectivity index (χ4n) is 3.65. The van der Waals surface area contributed by atoms with E-state index in [2.05, 4.69) is 10.3 Å². The smallest absolute Gasteiger partial charge is 0.257 e. The van der Waals surface area contributed by atoms with E-state index in [4.69, 9.17) is 14.6 Å². The second kappa shape index (κ2) is 9.27. The first-order valence-corrected chi connectivity index (χ1v) is 12.2. The van der Waals surface area contributed by atoms with E-state index in [1.54, 1.807) is 17.0 Å². The predicted molar refractivity (Wildman–Crippen MR) is 129 cm³/mol. The van der Waals surface area contributed by atoms with E-state index in [0.29, 0.717) is 24.0 Å². The van der Waals surface area contributed by atoms with Gasteiger partial charge in [0.2, 0.25) is 0 Å². The average molecular weight is 499 g/mol. The van der Waals surface area contributed by atoms with E-state index in [1.807, 2.05) is 12.3 Å². The Kier molecular flexibility index (Phi) is 6.16. The lowest BCUT2D eigenvalue weighted by Gasteiger charge is -2.30. The zero-order chi connectivity index (χ0) is 24.6. The minimum atomic E-state index is -0.684.